The highest BCUT2D eigenvalue weighted by molar-refractivity contribution is 5.79. The maximum atomic E-state index is 12.4. The Morgan fingerprint density at radius 1 is 1.19 bits per heavy atom. The first-order valence-electron chi connectivity index (χ1n) is 8.18. The van der Waals surface area contributed by atoms with Crippen LogP contribution >= 0.6 is 0 Å². The van der Waals surface area contributed by atoms with E-state index in [1.807, 2.05) is 12.1 Å². The fourth-order valence-electron chi connectivity index (χ4n) is 3.73. The van der Waals surface area contributed by atoms with Crippen LogP contribution in [0.3, 0.4) is 0 Å². The van der Waals surface area contributed by atoms with Crippen LogP contribution in [0.5, 0.6) is 5.75 Å². The number of hydrogen-bond acceptors (Lipinski definition) is 2. The normalized spacial score (nSPS) is 22.7. The van der Waals surface area contributed by atoms with Crippen LogP contribution in [0.2, 0.25) is 0 Å². The summed E-state index contributed by atoms with van der Waals surface area (Å²) in [4.78, 5) is 14.6. The molecule has 0 bridgehead atoms. The second-order valence-electron chi connectivity index (χ2n) is 6.47. The molecule has 3 heteroatoms. The van der Waals surface area contributed by atoms with E-state index >= 15 is 0 Å². The topological polar surface area (TPSA) is 29.5 Å². The molecule has 114 valence electrons. The molecule has 1 aliphatic heterocycles. The molecule has 1 saturated carbocycles. The van der Waals surface area contributed by atoms with Crippen molar-refractivity contribution in [3.8, 4) is 5.75 Å². The second kappa shape index (κ2) is 6.50. The number of methoxy groups -OCH3 is 1. The summed E-state index contributed by atoms with van der Waals surface area (Å²) in [5.41, 5.74) is 1.34. The maximum Gasteiger partial charge on any atom is 0.225 e. The molecule has 0 radical (unpaired) electrons. The van der Waals surface area contributed by atoms with Gasteiger partial charge in [-0.15, -0.1) is 0 Å². The third-order valence-corrected chi connectivity index (χ3v) is 4.99. The lowest BCUT2D eigenvalue weighted by Crippen LogP contribution is -2.33. The molecule has 1 aliphatic carbocycles. The highest BCUT2D eigenvalue weighted by Gasteiger charge is 2.32. The molecule has 0 aromatic heterocycles. The molecule has 1 aromatic carbocycles. The third kappa shape index (κ3) is 3.39. The largest absolute Gasteiger partial charge is 0.497 e. The lowest BCUT2D eigenvalue weighted by molar-refractivity contribution is -0.134. The minimum atomic E-state index is 0.324. The molecule has 1 amide bonds. The molecule has 1 atom stereocenters. The maximum absolute atomic E-state index is 12.4. The number of carbonyl (C=O) groups excluding carboxylic acids is 1. The summed E-state index contributed by atoms with van der Waals surface area (Å²) in [6.45, 7) is 1.90. The van der Waals surface area contributed by atoms with Gasteiger partial charge >= 0.3 is 0 Å². The number of nitrogens with zero attached hydrogens (tertiary/aromatic N) is 1. The van der Waals surface area contributed by atoms with Gasteiger partial charge in [0.2, 0.25) is 5.91 Å². The Bertz CT molecular complexity index is 476. The lowest BCUT2D eigenvalue weighted by Gasteiger charge is -2.20. The van der Waals surface area contributed by atoms with Gasteiger partial charge < -0.3 is 9.64 Å². The summed E-state index contributed by atoms with van der Waals surface area (Å²) in [6, 6.07) is 8.32. The molecule has 21 heavy (non-hydrogen) atoms. The Hall–Kier alpha value is -1.51. The van der Waals surface area contributed by atoms with Gasteiger partial charge in [0.25, 0.3) is 0 Å². The fourth-order valence-corrected chi connectivity index (χ4v) is 3.73. The Morgan fingerprint density at radius 3 is 2.57 bits per heavy atom. The highest BCUT2D eigenvalue weighted by Crippen LogP contribution is 2.29. The van der Waals surface area contributed by atoms with Gasteiger partial charge in [0, 0.05) is 19.0 Å². The quantitative estimate of drug-likeness (QED) is 0.850. The third-order valence-electron chi connectivity index (χ3n) is 4.99. The monoisotopic (exact) mass is 287 g/mol. The number of rotatable bonds is 4. The molecule has 0 spiro atoms. The molecule has 1 heterocycles. The fraction of sp³-hybridized carbons (Fsp3) is 0.611. The number of amides is 1. The van der Waals surface area contributed by atoms with Gasteiger partial charge in [-0.1, -0.05) is 25.0 Å². The smallest absolute Gasteiger partial charge is 0.225 e. The minimum Gasteiger partial charge on any atom is -0.497 e. The summed E-state index contributed by atoms with van der Waals surface area (Å²) in [5, 5.41) is 0. The minimum absolute atomic E-state index is 0.324. The standard InChI is InChI=1S/C18H25NO2/c1-21-17-8-6-14(7-9-17)12-15-10-11-19(13-15)18(20)16-4-2-3-5-16/h6-9,15-16H,2-5,10-13H2,1H3. The summed E-state index contributed by atoms with van der Waals surface area (Å²) in [5.74, 6) is 2.27. The molecule has 2 fully saturated rings. The SMILES string of the molecule is COc1ccc(CC2CCN(C(=O)C3CCCC3)C2)cc1. The molecule has 1 saturated heterocycles. The molecule has 1 unspecified atom stereocenters. The van der Waals surface area contributed by atoms with Crippen molar-refractivity contribution >= 4 is 5.91 Å². The van der Waals surface area contributed by atoms with Crippen LogP contribution in [0.1, 0.15) is 37.7 Å². The van der Waals surface area contributed by atoms with E-state index < -0.39 is 0 Å². The molecule has 2 aliphatic rings. The summed E-state index contributed by atoms with van der Waals surface area (Å²) >= 11 is 0. The van der Waals surface area contributed by atoms with Crippen molar-refractivity contribution in [1.82, 2.24) is 4.90 Å². The zero-order valence-corrected chi connectivity index (χ0v) is 12.9. The van der Waals surface area contributed by atoms with E-state index in [1.165, 1.54) is 18.4 Å². The number of benzene rings is 1. The van der Waals surface area contributed by atoms with Crippen molar-refractivity contribution in [3.63, 3.8) is 0 Å². The summed E-state index contributed by atoms with van der Waals surface area (Å²) in [6.07, 6.45) is 6.90. The predicted molar refractivity (Wildman–Crippen MR) is 83.3 cm³/mol. The predicted octanol–water partition coefficient (Wildman–Crippen LogP) is 3.28. The molecular formula is C18H25NO2. The summed E-state index contributed by atoms with van der Waals surface area (Å²) < 4.78 is 5.19. The average molecular weight is 287 g/mol. The number of carbonyl (C=O) groups is 1. The number of hydrogen-bond donors (Lipinski definition) is 0. The number of ether oxygens (including phenoxy) is 1. The Kier molecular flexibility index (Phi) is 4.47. The first-order chi connectivity index (χ1) is 10.3. The first kappa shape index (κ1) is 14.4. The van der Waals surface area contributed by atoms with Crippen LogP contribution in [-0.4, -0.2) is 31.0 Å². The van der Waals surface area contributed by atoms with Gasteiger partial charge in [-0.3, -0.25) is 4.79 Å². The molecule has 0 N–H and O–H groups in total. The van der Waals surface area contributed by atoms with Gasteiger partial charge in [-0.05, 0) is 49.3 Å². The van der Waals surface area contributed by atoms with E-state index in [1.54, 1.807) is 7.11 Å². The highest BCUT2D eigenvalue weighted by atomic mass is 16.5. The Balaban J connectivity index is 1.52. The second-order valence-corrected chi connectivity index (χ2v) is 6.47. The van der Waals surface area contributed by atoms with E-state index in [-0.39, 0.29) is 0 Å². The van der Waals surface area contributed by atoms with E-state index in [2.05, 4.69) is 17.0 Å². The molecule has 1 aromatic rings. The van der Waals surface area contributed by atoms with Gasteiger partial charge in [0.05, 0.1) is 7.11 Å². The molecular weight excluding hydrogens is 262 g/mol. The van der Waals surface area contributed by atoms with E-state index in [0.717, 1.165) is 44.5 Å². The van der Waals surface area contributed by atoms with Crippen molar-refractivity contribution in [2.45, 2.75) is 38.5 Å². The molecule has 3 nitrogen and oxygen atoms in total. The van der Waals surface area contributed by atoms with Crippen LogP contribution in [-0.2, 0) is 11.2 Å². The van der Waals surface area contributed by atoms with Crippen LogP contribution in [0.4, 0.5) is 0 Å². The van der Waals surface area contributed by atoms with Crippen molar-refractivity contribution in [2.24, 2.45) is 11.8 Å². The lowest BCUT2D eigenvalue weighted by atomic mass is 9.98. The average Bonchev–Trinajstić information content (AvgIpc) is 3.19. The van der Waals surface area contributed by atoms with Gasteiger partial charge in [-0.25, -0.2) is 0 Å². The van der Waals surface area contributed by atoms with E-state index in [9.17, 15) is 4.79 Å². The van der Waals surface area contributed by atoms with Crippen LogP contribution < -0.4 is 4.74 Å². The van der Waals surface area contributed by atoms with Crippen LogP contribution in [0, 0.1) is 11.8 Å². The van der Waals surface area contributed by atoms with Crippen LogP contribution in [0.25, 0.3) is 0 Å². The zero-order valence-electron chi connectivity index (χ0n) is 12.9. The van der Waals surface area contributed by atoms with Crippen molar-refractivity contribution < 1.29 is 9.53 Å². The van der Waals surface area contributed by atoms with Gasteiger partial charge in [0.1, 0.15) is 5.75 Å². The van der Waals surface area contributed by atoms with Gasteiger partial charge in [0.15, 0.2) is 0 Å². The summed E-state index contributed by atoms with van der Waals surface area (Å²) in [7, 11) is 1.69. The Labute approximate surface area is 127 Å². The number of likely N-dealkylation sites (tertiary alicyclic amines) is 1. The van der Waals surface area contributed by atoms with E-state index in [0.29, 0.717) is 17.7 Å². The van der Waals surface area contributed by atoms with Gasteiger partial charge in [-0.2, -0.15) is 0 Å². The molecule has 3 rings (SSSR count). The van der Waals surface area contributed by atoms with Crippen molar-refractivity contribution in [3.05, 3.63) is 29.8 Å². The Morgan fingerprint density at radius 2 is 1.90 bits per heavy atom. The van der Waals surface area contributed by atoms with E-state index in [4.69, 9.17) is 4.74 Å². The zero-order chi connectivity index (χ0) is 14.7. The van der Waals surface area contributed by atoms with Crippen molar-refractivity contribution in [2.75, 3.05) is 20.2 Å². The van der Waals surface area contributed by atoms with Crippen molar-refractivity contribution in [1.29, 1.82) is 0 Å². The van der Waals surface area contributed by atoms with Crippen LogP contribution in [0.15, 0.2) is 24.3 Å². The first-order valence-corrected chi connectivity index (χ1v) is 8.18.